The first kappa shape index (κ1) is 13.6. The molecule has 0 amide bonds. The van der Waals surface area contributed by atoms with Gasteiger partial charge in [-0.2, -0.15) is 0 Å². The molecule has 0 spiro atoms. The van der Waals surface area contributed by atoms with E-state index in [1.54, 1.807) is 6.20 Å². The van der Waals surface area contributed by atoms with Crippen LogP contribution in [0, 0.1) is 0 Å². The van der Waals surface area contributed by atoms with Crippen molar-refractivity contribution in [3.63, 3.8) is 0 Å². The summed E-state index contributed by atoms with van der Waals surface area (Å²) in [6.45, 7) is 1.93. The molecule has 4 nitrogen and oxygen atoms in total. The van der Waals surface area contributed by atoms with Gasteiger partial charge in [0, 0.05) is 45.1 Å². The highest BCUT2D eigenvalue weighted by atomic mass is 15.1. The average molecular weight is 258 g/mol. The molecule has 0 aliphatic heterocycles. The summed E-state index contributed by atoms with van der Waals surface area (Å²) in [5.41, 5.74) is 2.56. The Bertz CT molecular complexity index is 459. The van der Waals surface area contributed by atoms with Gasteiger partial charge in [-0.05, 0) is 30.7 Å². The Morgan fingerprint density at radius 3 is 2.63 bits per heavy atom. The molecule has 1 aromatic carbocycles. The van der Waals surface area contributed by atoms with Crippen molar-refractivity contribution in [2.75, 3.05) is 25.5 Å². The summed E-state index contributed by atoms with van der Waals surface area (Å²) in [7, 11) is 4.11. The number of nitrogens with one attached hydrogen (secondary N) is 2. The van der Waals surface area contributed by atoms with E-state index in [1.807, 2.05) is 6.20 Å². The van der Waals surface area contributed by atoms with Gasteiger partial charge in [-0.1, -0.05) is 12.1 Å². The fraction of sp³-hybridized carbons (Fsp3) is 0.400. The predicted octanol–water partition coefficient (Wildman–Crippen LogP) is 2.20. The van der Waals surface area contributed by atoms with Crippen LogP contribution >= 0.6 is 0 Å². The standard InChI is InChI=1S/C15H22N4/c1-19(2)14-7-5-13(6-8-14)12-16-9-3-4-15-17-10-11-18-15/h5-8,10-11,16H,3-4,9,12H2,1-2H3,(H,17,18). The number of aromatic amines is 1. The minimum Gasteiger partial charge on any atom is -0.378 e. The topological polar surface area (TPSA) is 44.0 Å². The first-order valence-corrected chi connectivity index (χ1v) is 6.71. The molecule has 0 bridgehead atoms. The largest absolute Gasteiger partial charge is 0.378 e. The third-order valence-electron chi connectivity index (χ3n) is 3.10. The van der Waals surface area contributed by atoms with Crippen LogP contribution in [0.3, 0.4) is 0 Å². The van der Waals surface area contributed by atoms with E-state index in [9.17, 15) is 0 Å². The third-order valence-corrected chi connectivity index (χ3v) is 3.10. The molecule has 102 valence electrons. The lowest BCUT2D eigenvalue weighted by atomic mass is 10.2. The van der Waals surface area contributed by atoms with E-state index in [-0.39, 0.29) is 0 Å². The summed E-state index contributed by atoms with van der Waals surface area (Å²) in [5.74, 6) is 1.07. The van der Waals surface area contributed by atoms with E-state index >= 15 is 0 Å². The number of benzene rings is 1. The minimum atomic E-state index is 0.922. The van der Waals surface area contributed by atoms with Crippen LogP contribution in [-0.2, 0) is 13.0 Å². The molecular formula is C15H22N4. The Morgan fingerprint density at radius 1 is 1.21 bits per heavy atom. The zero-order chi connectivity index (χ0) is 13.5. The second-order valence-electron chi connectivity index (χ2n) is 4.88. The molecule has 19 heavy (non-hydrogen) atoms. The molecule has 1 heterocycles. The van der Waals surface area contributed by atoms with Gasteiger partial charge in [0.15, 0.2) is 0 Å². The van der Waals surface area contributed by atoms with Crippen molar-refractivity contribution in [1.82, 2.24) is 15.3 Å². The number of hydrogen-bond donors (Lipinski definition) is 2. The first-order chi connectivity index (χ1) is 9.25. The minimum absolute atomic E-state index is 0.922. The number of rotatable bonds is 7. The molecule has 2 aromatic rings. The highest BCUT2D eigenvalue weighted by Crippen LogP contribution is 2.11. The predicted molar refractivity (Wildman–Crippen MR) is 79.4 cm³/mol. The molecule has 0 saturated carbocycles. The highest BCUT2D eigenvalue weighted by Gasteiger charge is 1.97. The smallest absolute Gasteiger partial charge is 0.106 e. The molecule has 0 aliphatic rings. The Balaban J connectivity index is 1.65. The van der Waals surface area contributed by atoms with Crippen LogP contribution in [0.2, 0.25) is 0 Å². The molecular weight excluding hydrogens is 236 g/mol. The normalized spacial score (nSPS) is 10.6. The van der Waals surface area contributed by atoms with Crippen LogP contribution in [0.15, 0.2) is 36.7 Å². The van der Waals surface area contributed by atoms with Gasteiger partial charge in [0.05, 0.1) is 0 Å². The lowest BCUT2D eigenvalue weighted by molar-refractivity contribution is 0.641. The summed E-state index contributed by atoms with van der Waals surface area (Å²) in [4.78, 5) is 9.44. The summed E-state index contributed by atoms with van der Waals surface area (Å²) in [5, 5.41) is 3.46. The van der Waals surface area contributed by atoms with Gasteiger partial charge >= 0.3 is 0 Å². The summed E-state index contributed by atoms with van der Waals surface area (Å²) in [6.07, 6.45) is 5.77. The molecule has 0 unspecified atom stereocenters. The van der Waals surface area contributed by atoms with Crippen LogP contribution in [0.5, 0.6) is 0 Å². The van der Waals surface area contributed by atoms with E-state index in [1.165, 1.54) is 11.3 Å². The Morgan fingerprint density at radius 2 is 2.00 bits per heavy atom. The molecule has 0 fully saturated rings. The molecule has 0 saturated heterocycles. The van der Waals surface area contributed by atoms with Crippen molar-refractivity contribution in [2.45, 2.75) is 19.4 Å². The van der Waals surface area contributed by atoms with Crippen molar-refractivity contribution in [1.29, 1.82) is 0 Å². The van der Waals surface area contributed by atoms with Crippen LogP contribution in [0.1, 0.15) is 17.8 Å². The second-order valence-corrected chi connectivity index (χ2v) is 4.88. The summed E-state index contributed by atoms with van der Waals surface area (Å²) < 4.78 is 0. The molecule has 0 radical (unpaired) electrons. The summed E-state index contributed by atoms with van der Waals surface area (Å²) in [6, 6.07) is 8.66. The summed E-state index contributed by atoms with van der Waals surface area (Å²) >= 11 is 0. The molecule has 0 atom stereocenters. The van der Waals surface area contributed by atoms with E-state index in [0.29, 0.717) is 0 Å². The van der Waals surface area contributed by atoms with Crippen molar-refractivity contribution < 1.29 is 0 Å². The molecule has 4 heteroatoms. The van der Waals surface area contributed by atoms with Gasteiger partial charge in [-0.3, -0.25) is 0 Å². The number of nitrogens with zero attached hydrogens (tertiary/aromatic N) is 2. The maximum Gasteiger partial charge on any atom is 0.106 e. The van der Waals surface area contributed by atoms with Crippen LogP contribution in [0.4, 0.5) is 5.69 Å². The van der Waals surface area contributed by atoms with Crippen LogP contribution in [-0.4, -0.2) is 30.6 Å². The van der Waals surface area contributed by atoms with E-state index < -0.39 is 0 Å². The van der Waals surface area contributed by atoms with Gasteiger partial charge in [-0.25, -0.2) is 4.98 Å². The van der Waals surface area contributed by atoms with Crippen molar-refractivity contribution in [3.8, 4) is 0 Å². The maximum absolute atomic E-state index is 4.21. The Hall–Kier alpha value is -1.81. The molecule has 0 aliphatic carbocycles. The van der Waals surface area contributed by atoms with Crippen molar-refractivity contribution in [3.05, 3.63) is 48.0 Å². The highest BCUT2D eigenvalue weighted by molar-refractivity contribution is 5.45. The van der Waals surface area contributed by atoms with E-state index in [4.69, 9.17) is 0 Å². The third kappa shape index (κ3) is 4.41. The number of imidazole rings is 1. The average Bonchev–Trinajstić information content (AvgIpc) is 2.92. The van der Waals surface area contributed by atoms with Gasteiger partial charge in [-0.15, -0.1) is 0 Å². The number of hydrogen-bond acceptors (Lipinski definition) is 3. The van der Waals surface area contributed by atoms with Gasteiger partial charge < -0.3 is 15.2 Å². The van der Waals surface area contributed by atoms with E-state index in [2.05, 4.69) is 58.5 Å². The second kappa shape index (κ2) is 6.95. The van der Waals surface area contributed by atoms with Crippen LogP contribution in [0.25, 0.3) is 0 Å². The zero-order valence-corrected chi connectivity index (χ0v) is 11.7. The lowest BCUT2D eigenvalue weighted by Gasteiger charge is -2.12. The van der Waals surface area contributed by atoms with Crippen molar-refractivity contribution >= 4 is 5.69 Å². The van der Waals surface area contributed by atoms with Gasteiger partial charge in [0.25, 0.3) is 0 Å². The SMILES string of the molecule is CN(C)c1ccc(CNCCCc2ncc[nH]2)cc1. The number of aryl methyl sites for hydroxylation is 1. The Kier molecular flexibility index (Phi) is 4.98. The van der Waals surface area contributed by atoms with Gasteiger partial charge in [0.1, 0.15) is 5.82 Å². The molecule has 2 N–H and O–H groups in total. The first-order valence-electron chi connectivity index (χ1n) is 6.71. The molecule has 1 aromatic heterocycles. The number of H-pyrrole nitrogens is 1. The fourth-order valence-corrected chi connectivity index (χ4v) is 1.96. The monoisotopic (exact) mass is 258 g/mol. The zero-order valence-electron chi connectivity index (χ0n) is 11.7. The molecule has 2 rings (SSSR count). The van der Waals surface area contributed by atoms with Crippen LogP contribution < -0.4 is 10.2 Å². The van der Waals surface area contributed by atoms with Gasteiger partial charge in [0.2, 0.25) is 0 Å². The van der Waals surface area contributed by atoms with E-state index in [0.717, 1.165) is 31.8 Å². The quantitative estimate of drug-likeness (QED) is 0.748. The lowest BCUT2D eigenvalue weighted by Crippen LogP contribution is -2.15. The number of aromatic nitrogens is 2. The fourth-order valence-electron chi connectivity index (χ4n) is 1.96. The van der Waals surface area contributed by atoms with Crippen molar-refractivity contribution in [2.24, 2.45) is 0 Å². The maximum atomic E-state index is 4.21. The Labute approximate surface area is 114 Å². The number of anilines is 1.